The number of fused-ring (bicyclic) bond motifs is 1. The van der Waals surface area contributed by atoms with Gasteiger partial charge in [0.1, 0.15) is 0 Å². The molecule has 0 bridgehead atoms. The molecule has 28 heavy (non-hydrogen) atoms. The molecular weight excluding hydrogens is 352 g/mol. The molecule has 3 fully saturated rings. The Labute approximate surface area is 170 Å². The Morgan fingerprint density at radius 1 is 1.18 bits per heavy atom. The number of urea groups is 1. The van der Waals surface area contributed by atoms with Crippen molar-refractivity contribution >= 4 is 6.03 Å². The van der Waals surface area contributed by atoms with Crippen molar-refractivity contribution < 1.29 is 15.0 Å². The number of aliphatic hydroxyl groups excluding tert-OH is 2. The predicted octanol–water partition coefficient (Wildman–Crippen LogP) is 3.46. The number of rotatable bonds is 5. The average Bonchev–Trinajstić information content (AvgIpc) is 2.97. The van der Waals surface area contributed by atoms with Crippen LogP contribution in [0.1, 0.15) is 65.7 Å². The van der Waals surface area contributed by atoms with Crippen LogP contribution in [0.4, 0.5) is 4.79 Å². The topological polar surface area (TPSA) is 81.6 Å². The summed E-state index contributed by atoms with van der Waals surface area (Å²) in [6.45, 7) is 12.5. The Balaban J connectivity index is 1.87. The largest absolute Gasteiger partial charge is 0.396 e. The highest BCUT2D eigenvalue weighted by molar-refractivity contribution is 5.73. The highest BCUT2D eigenvalue weighted by Crippen LogP contribution is 2.63. The molecule has 7 atom stereocenters. The van der Waals surface area contributed by atoms with Crippen molar-refractivity contribution in [3.05, 3.63) is 12.2 Å². The average molecular weight is 393 g/mol. The van der Waals surface area contributed by atoms with Gasteiger partial charge in [-0.3, -0.25) is 0 Å². The van der Waals surface area contributed by atoms with Gasteiger partial charge in [-0.15, -0.1) is 0 Å². The van der Waals surface area contributed by atoms with Gasteiger partial charge in [-0.05, 0) is 86.4 Å². The molecule has 0 heterocycles. The third-order valence-corrected chi connectivity index (χ3v) is 8.80. The van der Waals surface area contributed by atoms with Crippen LogP contribution in [0.5, 0.6) is 0 Å². The summed E-state index contributed by atoms with van der Waals surface area (Å²) in [5.74, 6) is 1.49. The Morgan fingerprint density at radius 3 is 2.61 bits per heavy atom. The summed E-state index contributed by atoms with van der Waals surface area (Å²) in [5.41, 5.74) is 1.55. The van der Waals surface area contributed by atoms with Gasteiger partial charge in [0.25, 0.3) is 0 Å². The fourth-order valence-electron chi connectivity index (χ4n) is 6.90. The lowest BCUT2D eigenvalue weighted by Gasteiger charge is -2.56. The molecule has 0 saturated heterocycles. The van der Waals surface area contributed by atoms with Gasteiger partial charge in [0, 0.05) is 19.7 Å². The summed E-state index contributed by atoms with van der Waals surface area (Å²) in [7, 11) is 0. The molecule has 0 spiro atoms. The normalized spacial score (nSPS) is 43.5. The van der Waals surface area contributed by atoms with Gasteiger partial charge in [-0.1, -0.05) is 26.0 Å². The number of amides is 2. The first-order valence-electron chi connectivity index (χ1n) is 11.2. The molecule has 4 N–H and O–H groups in total. The molecule has 5 heteroatoms. The van der Waals surface area contributed by atoms with E-state index in [2.05, 4.69) is 31.1 Å². The van der Waals surface area contributed by atoms with E-state index in [4.69, 9.17) is 0 Å². The molecule has 5 nitrogen and oxygen atoms in total. The maximum absolute atomic E-state index is 12.1. The fourth-order valence-corrected chi connectivity index (χ4v) is 6.90. The van der Waals surface area contributed by atoms with Gasteiger partial charge < -0.3 is 20.8 Å². The van der Waals surface area contributed by atoms with Crippen LogP contribution in [0.3, 0.4) is 0 Å². The van der Waals surface area contributed by atoms with Crippen molar-refractivity contribution in [2.75, 3.05) is 19.7 Å². The SMILES string of the molecule is C=C1CC[C@H]2[C@H](CNC(=O)NCC)[C@@H]([C@]3(C)CC[C@H](O)C[C@@H]3CO)CC[C@]12C. The van der Waals surface area contributed by atoms with E-state index in [1.54, 1.807) is 0 Å². The van der Waals surface area contributed by atoms with E-state index >= 15 is 0 Å². The minimum atomic E-state index is -0.294. The molecule has 0 aromatic heterocycles. The smallest absolute Gasteiger partial charge is 0.314 e. The number of allylic oxidation sites excluding steroid dienone is 1. The van der Waals surface area contributed by atoms with Crippen molar-refractivity contribution in [3.63, 3.8) is 0 Å². The maximum atomic E-state index is 12.1. The number of aliphatic hydroxyl groups is 2. The van der Waals surface area contributed by atoms with E-state index in [1.807, 2.05) is 6.92 Å². The third-order valence-electron chi connectivity index (χ3n) is 8.80. The standard InChI is InChI=1S/C23H40N2O3/c1-5-24-21(28)25-13-18-19-7-6-15(2)22(19,3)11-9-20(18)23(4)10-8-17(27)12-16(23)14-26/h16-20,26-27H,2,5-14H2,1,3-4H3,(H2,24,25,28)/t16-,17+,18+,19+,20+,22-,23-/m1/s1. The van der Waals surface area contributed by atoms with Crippen molar-refractivity contribution in [1.29, 1.82) is 0 Å². The Kier molecular flexibility index (Phi) is 6.45. The minimum absolute atomic E-state index is 0.00676. The van der Waals surface area contributed by atoms with Crippen LogP contribution in [0.2, 0.25) is 0 Å². The number of hydrogen-bond acceptors (Lipinski definition) is 3. The van der Waals surface area contributed by atoms with E-state index in [0.717, 1.165) is 38.5 Å². The first kappa shape index (κ1) is 21.6. The monoisotopic (exact) mass is 392 g/mol. The van der Waals surface area contributed by atoms with Gasteiger partial charge >= 0.3 is 6.03 Å². The summed E-state index contributed by atoms with van der Waals surface area (Å²) >= 11 is 0. The highest BCUT2D eigenvalue weighted by Gasteiger charge is 2.56. The highest BCUT2D eigenvalue weighted by atomic mass is 16.3. The van der Waals surface area contributed by atoms with Crippen LogP contribution in [-0.4, -0.2) is 42.0 Å². The molecule has 3 aliphatic rings. The lowest BCUT2D eigenvalue weighted by molar-refractivity contribution is -0.0927. The van der Waals surface area contributed by atoms with Crippen molar-refractivity contribution in [2.45, 2.75) is 71.8 Å². The zero-order valence-corrected chi connectivity index (χ0v) is 18.0. The zero-order chi connectivity index (χ0) is 20.5. The predicted molar refractivity (Wildman–Crippen MR) is 112 cm³/mol. The molecule has 160 valence electrons. The van der Waals surface area contributed by atoms with Crippen molar-refractivity contribution in [3.8, 4) is 0 Å². The van der Waals surface area contributed by atoms with E-state index in [0.29, 0.717) is 37.3 Å². The fraction of sp³-hybridized carbons (Fsp3) is 0.870. The second kappa shape index (κ2) is 8.35. The van der Waals surface area contributed by atoms with Crippen LogP contribution in [0, 0.1) is 34.5 Å². The molecule has 2 amide bonds. The zero-order valence-electron chi connectivity index (χ0n) is 18.0. The van der Waals surface area contributed by atoms with Gasteiger partial charge in [0.15, 0.2) is 0 Å². The molecule has 0 unspecified atom stereocenters. The summed E-state index contributed by atoms with van der Waals surface area (Å²) in [5, 5.41) is 26.3. The first-order chi connectivity index (χ1) is 13.3. The molecule has 0 aliphatic heterocycles. The molecule has 3 rings (SSSR count). The van der Waals surface area contributed by atoms with E-state index < -0.39 is 0 Å². The van der Waals surface area contributed by atoms with Gasteiger partial charge in [-0.25, -0.2) is 4.79 Å². The molecular formula is C23H40N2O3. The number of hydrogen-bond donors (Lipinski definition) is 4. The van der Waals surface area contributed by atoms with Crippen molar-refractivity contribution in [1.82, 2.24) is 10.6 Å². The lowest BCUT2D eigenvalue weighted by Crippen LogP contribution is -2.54. The third kappa shape index (κ3) is 3.72. The van der Waals surface area contributed by atoms with Gasteiger partial charge in [0.05, 0.1) is 6.10 Å². The summed E-state index contributed by atoms with van der Waals surface area (Å²) < 4.78 is 0. The van der Waals surface area contributed by atoms with E-state index in [-0.39, 0.29) is 35.5 Å². The second-order valence-electron chi connectivity index (χ2n) is 10.0. The quantitative estimate of drug-likeness (QED) is 0.541. The minimum Gasteiger partial charge on any atom is -0.396 e. The maximum Gasteiger partial charge on any atom is 0.314 e. The number of nitrogens with one attached hydrogen (secondary N) is 2. The second-order valence-corrected chi connectivity index (χ2v) is 10.0. The van der Waals surface area contributed by atoms with Crippen LogP contribution in [-0.2, 0) is 0 Å². The number of carbonyl (C=O) groups is 1. The summed E-state index contributed by atoms with van der Waals surface area (Å²) in [6, 6.07) is -0.0896. The van der Waals surface area contributed by atoms with Gasteiger partial charge in [0.2, 0.25) is 0 Å². The van der Waals surface area contributed by atoms with Crippen LogP contribution in [0.25, 0.3) is 0 Å². The molecule has 0 aromatic rings. The molecule has 3 aliphatic carbocycles. The molecule has 0 aromatic carbocycles. The lowest BCUT2D eigenvalue weighted by atomic mass is 9.49. The Bertz CT molecular complexity index is 594. The summed E-state index contributed by atoms with van der Waals surface area (Å²) in [4.78, 5) is 12.1. The first-order valence-corrected chi connectivity index (χ1v) is 11.2. The Morgan fingerprint density at radius 2 is 1.93 bits per heavy atom. The van der Waals surface area contributed by atoms with Crippen molar-refractivity contribution in [2.24, 2.45) is 34.5 Å². The number of carbonyl (C=O) groups excluding carboxylic acids is 1. The van der Waals surface area contributed by atoms with Crippen LogP contribution >= 0.6 is 0 Å². The van der Waals surface area contributed by atoms with E-state index in [1.165, 1.54) is 5.57 Å². The van der Waals surface area contributed by atoms with Gasteiger partial charge in [-0.2, -0.15) is 0 Å². The Hall–Kier alpha value is -1.07. The molecule has 3 saturated carbocycles. The van der Waals surface area contributed by atoms with E-state index in [9.17, 15) is 15.0 Å². The summed E-state index contributed by atoms with van der Waals surface area (Å²) in [6.07, 6.45) is 6.65. The van der Waals surface area contributed by atoms with Crippen LogP contribution < -0.4 is 10.6 Å². The molecule has 0 radical (unpaired) electrons. The van der Waals surface area contributed by atoms with Crippen LogP contribution in [0.15, 0.2) is 12.2 Å².